The van der Waals surface area contributed by atoms with Crippen LogP contribution >= 0.6 is 0 Å². The number of carbonyl (C=O) groups is 1. The summed E-state index contributed by atoms with van der Waals surface area (Å²) >= 11 is 0. The molecule has 3 rings (SSSR count). The summed E-state index contributed by atoms with van der Waals surface area (Å²) in [5.74, 6) is 0.145. The minimum absolute atomic E-state index is 0.0294. The van der Waals surface area contributed by atoms with Gasteiger partial charge in [0.25, 0.3) is 15.9 Å². The summed E-state index contributed by atoms with van der Waals surface area (Å²) in [5, 5.41) is 0. The van der Waals surface area contributed by atoms with Gasteiger partial charge in [0.1, 0.15) is 0 Å². The third-order valence-electron chi connectivity index (χ3n) is 4.55. The van der Waals surface area contributed by atoms with Gasteiger partial charge in [-0.2, -0.15) is 4.31 Å². The van der Waals surface area contributed by atoms with Gasteiger partial charge in [-0.3, -0.25) is 4.79 Å². The second-order valence-corrected chi connectivity index (χ2v) is 8.77. The quantitative estimate of drug-likeness (QED) is 0.517. The Morgan fingerprint density at radius 2 is 1.32 bits per heavy atom. The van der Waals surface area contributed by atoms with Crippen molar-refractivity contribution in [2.75, 3.05) is 17.5 Å². The SMILES string of the molecule is CCOc1ccccc1OCC(=O)N(c1ccc(C)cc1)S(=O)(=O)c1ccc(C)cc1. The molecule has 0 atom stereocenters. The Morgan fingerprint density at radius 1 is 0.806 bits per heavy atom. The number of nitrogens with zero attached hydrogens (tertiary/aromatic N) is 1. The number of amides is 1. The van der Waals surface area contributed by atoms with Gasteiger partial charge in [0.15, 0.2) is 18.1 Å². The summed E-state index contributed by atoms with van der Waals surface area (Å²) in [6.07, 6.45) is 0. The van der Waals surface area contributed by atoms with Crippen LogP contribution in [0.4, 0.5) is 5.69 Å². The molecule has 0 aromatic heterocycles. The van der Waals surface area contributed by atoms with Crippen molar-refractivity contribution >= 4 is 21.6 Å². The summed E-state index contributed by atoms with van der Waals surface area (Å²) in [4.78, 5) is 13.2. The van der Waals surface area contributed by atoms with Crippen molar-refractivity contribution < 1.29 is 22.7 Å². The lowest BCUT2D eigenvalue weighted by molar-refractivity contribution is -0.119. The summed E-state index contributed by atoms with van der Waals surface area (Å²) in [6, 6.07) is 20.0. The van der Waals surface area contributed by atoms with E-state index >= 15 is 0 Å². The number of anilines is 1. The molecule has 3 aromatic carbocycles. The number of carbonyl (C=O) groups excluding carboxylic acids is 1. The molecule has 0 fully saturated rings. The molecular formula is C24H25NO5S. The zero-order valence-electron chi connectivity index (χ0n) is 17.7. The average Bonchev–Trinajstić information content (AvgIpc) is 2.75. The molecule has 1 amide bonds. The minimum Gasteiger partial charge on any atom is -0.490 e. The van der Waals surface area contributed by atoms with Crippen molar-refractivity contribution in [3.05, 3.63) is 83.9 Å². The van der Waals surface area contributed by atoms with Gasteiger partial charge in [-0.05, 0) is 57.2 Å². The lowest BCUT2D eigenvalue weighted by atomic mass is 10.2. The van der Waals surface area contributed by atoms with Gasteiger partial charge >= 0.3 is 0 Å². The number of hydrogen-bond acceptors (Lipinski definition) is 5. The van der Waals surface area contributed by atoms with E-state index in [1.54, 1.807) is 60.7 Å². The smallest absolute Gasteiger partial charge is 0.278 e. The number of aryl methyl sites for hydroxylation is 2. The predicted octanol–water partition coefficient (Wildman–Crippen LogP) is 4.50. The van der Waals surface area contributed by atoms with E-state index in [-0.39, 0.29) is 10.6 Å². The summed E-state index contributed by atoms with van der Waals surface area (Å²) < 4.78 is 38.7. The van der Waals surface area contributed by atoms with Crippen LogP contribution in [0.15, 0.2) is 77.7 Å². The number of sulfonamides is 1. The molecule has 31 heavy (non-hydrogen) atoms. The van der Waals surface area contributed by atoms with Crippen molar-refractivity contribution in [1.29, 1.82) is 0 Å². The Balaban J connectivity index is 1.94. The molecule has 0 unspecified atom stereocenters. The molecule has 0 aliphatic rings. The van der Waals surface area contributed by atoms with E-state index in [1.807, 2.05) is 20.8 Å². The number of para-hydroxylation sites is 2. The highest BCUT2D eigenvalue weighted by atomic mass is 32.2. The largest absolute Gasteiger partial charge is 0.490 e. The molecule has 0 N–H and O–H groups in total. The zero-order valence-corrected chi connectivity index (χ0v) is 18.6. The van der Waals surface area contributed by atoms with Gasteiger partial charge in [0.05, 0.1) is 17.2 Å². The third-order valence-corrected chi connectivity index (χ3v) is 6.32. The highest BCUT2D eigenvalue weighted by Crippen LogP contribution is 2.28. The van der Waals surface area contributed by atoms with Gasteiger partial charge in [-0.25, -0.2) is 8.42 Å². The Labute approximate surface area is 183 Å². The van der Waals surface area contributed by atoms with Gasteiger partial charge in [-0.1, -0.05) is 47.5 Å². The monoisotopic (exact) mass is 439 g/mol. The van der Waals surface area contributed by atoms with Crippen molar-refractivity contribution in [2.45, 2.75) is 25.7 Å². The van der Waals surface area contributed by atoms with Crippen LogP contribution in [0.2, 0.25) is 0 Å². The lowest BCUT2D eigenvalue weighted by Crippen LogP contribution is -2.40. The van der Waals surface area contributed by atoms with Gasteiger partial charge in [0.2, 0.25) is 0 Å². The second-order valence-electron chi connectivity index (χ2n) is 6.98. The molecule has 6 nitrogen and oxygen atoms in total. The molecule has 0 bridgehead atoms. The van der Waals surface area contributed by atoms with Crippen LogP contribution in [-0.4, -0.2) is 27.5 Å². The topological polar surface area (TPSA) is 72.9 Å². The maximum Gasteiger partial charge on any atom is 0.278 e. The van der Waals surface area contributed by atoms with E-state index in [0.29, 0.717) is 18.1 Å². The fourth-order valence-corrected chi connectivity index (χ4v) is 4.37. The van der Waals surface area contributed by atoms with Crippen LogP contribution in [0.1, 0.15) is 18.1 Å². The Morgan fingerprint density at radius 3 is 1.87 bits per heavy atom. The third kappa shape index (κ3) is 5.24. The standard InChI is InChI=1S/C24H25NO5S/c1-4-29-22-7-5-6-8-23(22)30-17-24(26)25(20-13-9-18(2)10-14-20)31(27,28)21-15-11-19(3)12-16-21/h5-16H,4,17H2,1-3H3. The van der Waals surface area contributed by atoms with E-state index in [1.165, 1.54) is 12.1 Å². The van der Waals surface area contributed by atoms with Gasteiger partial charge in [-0.15, -0.1) is 0 Å². The van der Waals surface area contributed by atoms with Gasteiger partial charge in [0, 0.05) is 0 Å². The molecule has 0 radical (unpaired) electrons. The molecule has 162 valence electrons. The van der Waals surface area contributed by atoms with Crippen LogP contribution in [0.3, 0.4) is 0 Å². The van der Waals surface area contributed by atoms with Gasteiger partial charge < -0.3 is 9.47 Å². The molecule has 0 saturated carbocycles. The van der Waals surface area contributed by atoms with E-state index < -0.39 is 22.5 Å². The molecule has 3 aromatic rings. The number of hydrogen-bond donors (Lipinski definition) is 0. The van der Waals surface area contributed by atoms with Crippen LogP contribution in [0, 0.1) is 13.8 Å². The fourth-order valence-electron chi connectivity index (χ4n) is 2.95. The zero-order chi connectivity index (χ0) is 22.4. The summed E-state index contributed by atoms with van der Waals surface area (Å²) in [7, 11) is -4.14. The summed E-state index contributed by atoms with van der Waals surface area (Å²) in [6.45, 7) is 5.56. The van der Waals surface area contributed by atoms with Crippen LogP contribution < -0.4 is 13.8 Å². The first kappa shape index (κ1) is 22.4. The maximum absolute atomic E-state index is 13.4. The van der Waals surface area contributed by atoms with Crippen molar-refractivity contribution in [3.8, 4) is 11.5 Å². The molecule has 0 aliphatic carbocycles. The first-order valence-corrected chi connectivity index (χ1v) is 11.3. The number of ether oxygens (including phenoxy) is 2. The van der Waals surface area contributed by atoms with Crippen molar-refractivity contribution in [2.24, 2.45) is 0 Å². The predicted molar refractivity (Wildman–Crippen MR) is 120 cm³/mol. The molecule has 0 aliphatic heterocycles. The normalized spacial score (nSPS) is 11.1. The van der Waals surface area contributed by atoms with E-state index in [0.717, 1.165) is 15.4 Å². The highest BCUT2D eigenvalue weighted by molar-refractivity contribution is 7.93. The van der Waals surface area contributed by atoms with E-state index in [9.17, 15) is 13.2 Å². The maximum atomic E-state index is 13.4. The first-order valence-electron chi connectivity index (χ1n) is 9.89. The molecule has 0 spiro atoms. The number of benzene rings is 3. The fraction of sp³-hybridized carbons (Fsp3) is 0.208. The minimum atomic E-state index is -4.14. The van der Waals surface area contributed by atoms with Crippen LogP contribution in [0.25, 0.3) is 0 Å². The molecule has 7 heteroatoms. The number of rotatable bonds is 8. The Kier molecular flexibility index (Phi) is 6.97. The summed E-state index contributed by atoms with van der Waals surface area (Å²) in [5.41, 5.74) is 2.12. The second kappa shape index (κ2) is 9.66. The van der Waals surface area contributed by atoms with Crippen LogP contribution in [0.5, 0.6) is 11.5 Å². The first-order chi connectivity index (χ1) is 14.8. The molecular weight excluding hydrogens is 414 g/mol. The lowest BCUT2D eigenvalue weighted by Gasteiger charge is -2.23. The Bertz CT molecular complexity index is 1140. The average molecular weight is 440 g/mol. The molecule has 0 saturated heterocycles. The van der Waals surface area contributed by atoms with Crippen LogP contribution in [-0.2, 0) is 14.8 Å². The van der Waals surface area contributed by atoms with E-state index in [2.05, 4.69) is 0 Å². The van der Waals surface area contributed by atoms with E-state index in [4.69, 9.17) is 9.47 Å². The highest BCUT2D eigenvalue weighted by Gasteiger charge is 2.31. The van der Waals surface area contributed by atoms with Crippen molar-refractivity contribution in [3.63, 3.8) is 0 Å². The molecule has 0 heterocycles. The van der Waals surface area contributed by atoms with Crippen molar-refractivity contribution in [1.82, 2.24) is 0 Å². The Hall–Kier alpha value is -3.32.